The maximum Gasteiger partial charge on any atom is 0.126 e. The summed E-state index contributed by atoms with van der Waals surface area (Å²) in [4.78, 5) is 5.05. The first-order chi connectivity index (χ1) is 16.6. The lowest BCUT2D eigenvalue weighted by molar-refractivity contribution is 0.285. The van der Waals surface area contributed by atoms with Crippen LogP contribution >= 0.6 is 18.0 Å². The van der Waals surface area contributed by atoms with Gasteiger partial charge in [-0.15, -0.1) is 0 Å². The lowest BCUT2D eigenvalue weighted by Crippen LogP contribution is -2.46. The number of allylic oxidation sites excluding steroid dienone is 1. The summed E-state index contributed by atoms with van der Waals surface area (Å²) >= 11 is 1.75. The van der Waals surface area contributed by atoms with Crippen LogP contribution in [0.4, 0.5) is 5.69 Å². The highest BCUT2D eigenvalue weighted by Gasteiger charge is 2.49. The summed E-state index contributed by atoms with van der Waals surface area (Å²) in [7, 11) is 0.0360. The van der Waals surface area contributed by atoms with Gasteiger partial charge >= 0.3 is 0 Å². The third-order valence-electron chi connectivity index (χ3n) is 7.69. The molecule has 3 unspecified atom stereocenters. The van der Waals surface area contributed by atoms with Crippen molar-refractivity contribution in [3.8, 4) is 6.07 Å². The van der Waals surface area contributed by atoms with Crippen molar-refractivity contribution in [3.63, 3.8) is 0 Å². The molecule has 7 heteroatoms. The first kappa shape index (κ1) is 23.8. The Bertz CT molecular complexity index is 1340. The molecule has 1 aromatic carbocycles. The van der Waals surface area contributed by atoms with Gasteiger partial charge in [0.2, 0.25) is 0 Å². The van der Waals surface area contributed by atoms with Crippen molar-refractivity contribution < 1.29 is 5.11 Å². The van der Waals surface area contributed by atoms with Gasteiger partial charge in [0.15, 0.2) is 0 Å². The minimum atomic E-state index is -0.560. The molecule has 0 spiro atoms. The van der Waals surface area contributed by atoms with Crippen molar-refractivity contribution in [2.45, 2.75) is 76.8 Å². The second-order valence-corrected chi connectivity index (χ2v) is 18.7. The molecule has 1 N–H and O–H groups in total. The van der Waals surface area contributed by atoms with E-state index in [1.165, 1.54) is 32.6 Å². The minimum absolute atomic E-state index is 0.0360. The summed E-state index contributed by atoms with van der Waals surface area (Å²) in [6, 6.07) is 9.48. The second-order valence-electron chi connectivity index (χ2n) is 11.7. The van der Waals surface area contributed by atoms with Crippen LogP contribution in [-0.4, -0.2) is 38.8 Å². The molecule has 1 saturated heterocycles. The van der Waals surface area contributed by atoms with E-state index in [0.29, 0.717) is 6.04 Å². The molecule has 4 bridgehead atoms. The summed E-state index contributed by atoms with van der Waals surface area (Å²) < 4.78 is 3.00. The number of hydrogen-bond acceptors (Lipinski definition) is 4. The Kier molecular flexibility index (Phi) is 5.57. The van der Waals surface area contributed by atoms with Gasteiger partial charge in [0, 0.05) is 45.9 Å². The Morgan fingerprint density at radius 2 is 2.17 bits per heavy atom. The van der Waals surface area contributed by atoms with Crippen LogP contribution in [0.25, 0.3) is 5.57 Å². The Morgan fingerprint density at radius 3 is 2.89 bits per heavy atom. The highest BCUT2D eigenvalue weighted by atomic mass is 32.5. The van der Waals surface area contributed by atoms with E-state index < -0.39 is 6.70 Å². The summed E-state index contributed by atoms with van der Waals surface area (Å²) in [5, 5.41) is 21.4. The van der Waals surface area contributed by atoms with Crippen LogP contribution in [0.2, 0.25) is 0 Å². The van der Waals surface area contributed by atoms with E-state index in [1.54, 1.807) is 11.3 Å². The van der Waals surface area contributed by atoms with Crippen LogP contribution in [0.1, 0.15) is 73.9 Å². The molecule has 0 aliphatic carbocycles. The topological polar surface area (TPSA) is 50.5 Å². The number of fused-ring (bicyclic) bond motifs is 1. The molecule has 5 aliphatic rings. The number of rotatable bonds is 1. The van der Waals surface area contributed by atoms with Crippen LogP contribution in [-0.2, 0) is 23.3 Å². The molecule has 1 aromatic heterocycles. The molecule has 4 nitrogen and oxygen atoms in total. The maximum absolute atomic E-state index is 10.1. The first-order valence-electron chi connectivity index (χ1n) is 12.6. The molecule has 7 rings (SSSR count). The molecule has 1 fully saturated rings. The number of anilines is 1. The quantitative estimate of drug-likeness (QED) is 0.296. The van der Waals surface area contributed by atoms with Gasteiger partial charge in [-0.3, -0.25) is 0 Å². The van der Waals surface area contributed by atoms with Crippen molar-refractivity contribution in [2.75, 3.05) is 18.0 Å². The molecule has 35 heavy (non-hydrogen) atoms. The number of benzene rings is 1. The average Bonchev–Trinajstić information content (AvgIpc) is 3.37. The Balaban J connectivity index is 1.73. The standard InChI is InChI=1S/C28H34N3OPS2/c1-27(2,3)35-31-16-20(14-28(31,4)5)30-9-6-7-19-11-18(15-29)12-23(25(19)30)22-8-10-33(35)24-13-21(17-32)34-26(22)24/h8,10-13,20,32H,6-7,9,14,16-17H2,1-5H3/t20-,35?/m0/s1. The monoisotopic (exact) mass is 523 g/mol. The summed E-state index contributed by atoms with van der Waals surface area (Å²) in [5.41, 5.74) is 6.00. The minimum Gasteiger partial charge on any atom is -0.399 e. The molecule has 0 saturated carbocycles. The van der Waals surface area contributed by atoms with E-state index in [-0.39, 0.29) is 27.2 Å². The fraction of sp³-hybridized carbons (Fsp3) is 0.500. The van der Waals surface area contributed by atoms with E-state index in [0.717, 1.165) is 42.8 Å². The SMILES string of the molecule is CC1(C)C[C@H]2CN1S(C(C)(C)C)=[P+]1[CH-]C=C(c3cc(C#N)cc4c3N2CCC4)c2[s+][c-](CO)cc21. The smallest absolute Gasteiger partial charge is 0.126 e. The third-order valence-corrected chi connectivity index (χ3v) is 17.1. The third kappa shape index (κ3) is 3.66. The predicted octanol–water partition coefficient (Wildman–Crippen LogP) is 5.69. The molecule has 0 amide bonds. The van der Waals surface area contributed by atoms with Crippen LogP contribution < -0.4 is 10.2 Å². The number of aliphatic hydroxyl groups is 1. The normalized spacial score (nSPS) is 27.3. The van der Waals surface area contributed by atoms with Crippen LogP contribution in [0, 0.1) is 17.5 Å². The van der Waals surface area contributed by atoms with Gasteiger partial charge < -0.3 is 10.0 Å². The van der Waals surface area contributed by atoms with Crippen molar-refractivity contribution in [3.05, 3.63) is 56.9 Å². The fourth-order valence-electron chi connectivity index (χ4n) is 6.36. The van der Waals surface area contributed by atoms with Gasteiger partial charge in [-0.1, -0.05) is 17.7 Å². The van der Waals surface area contributed by atoms with Crippen molar-refractivity contribution >= 4 is 44.9 Å². The number of aliphatic hydroxyl groups excluding tert-OH is 1. The predicted molar refractivity (Wildman–Crippen MR) is 151 cm³/mol. The molecule has 4 atom stereocenters. The maximum atomic E-state index is 10.1. The number of nitrogens with zero attached hydrogens (tertiary/aromatic N) is 3. The zero-order valence-corrected chi connectivity index (χ0v) is 23.8. The Hall–Kier alpha value is -1.61. The summed E-state index contributed by atoms with van der Waals surface area (Å²) in [6.45, 7) is 13.8. The number of hydrogen-bond donors (Lipinski definition) is 1. The largest absolute Gasteiger partial charge is 0.399 e. The molecule has 6 heterocycles. The van der Waals surface area contributed by atoms with Gasteiger partial charge in [0.25, 0.3) is 0 Å². The van der Waals surface area contributed by atoms with Gasteiger partial charge in [0.1, 0.15) is 4.88 Å². The van der Waals surface area contributed by atoms with E-state index >= 15 is 0 Å². The van der Waals surface area contributed by atoms with Crippen LogP contribution in [0.3, 0.4) is 0 Å². The van der Waals surface area contributed by atoms with Gasteiger partial charge in [0.05, 0.1) is 45.9 Å². The number of nitriles is 1. The number of thiophene rings is 1. The molecule has 184 valence electrons. The van der Waals surface area contributed by atoms with Gasteiger partial charge in [-0.2, -0.15) is 16.9 Å². The lowest BCUT2D eigenvalue weighted by Gasteiger charge is -2.40. The molecule has 5 aliphatic heterocycles. The van der Waals surface area contributed by atoms with E-state index in [9.17, 15) is 10.4 Å². The number of aryl methyl sites for hydroxylation is 1. The Morgan fingerprint density at radius 1 is 1.37 bits per heavy atom. The van der Waals surface area contributed by atoms with Crippen LogP contribution in [0.15, 0.2) is 24.3 Å². The highest BCUT2D eigenvalue weighted by Crippen LogP contribution is 2.53. The molecule has 0 radical (unpaired) electrons. The van der Waals surface area contributed by atoms with E-state index in [4.69, 9.17) is 0 Å². The summed E-state index contributed by atoms with van der Waals surface area (Å²) in [6.07, 6.45) is 8.20. The molecule has 2 aromatic rings. The van der Waals surface area contributed by atoms with Crippen LogP contribution in [0.5, 0.6) is 0 Å². The van der Waals surface area contributed by atoms with Gasteiger partial charge in [-0.05, 0) is 71.7 Å². The fourth-order valence-corrected chi connectivity index (χ4v) is 16.5. The highest BCUT2D eigenvalue weighted by molar-refractivity contribution is 8.29. The van der Waals surface area contributed by atoms with Crippen molar-refractivity contribution in [2.24, 2.45) is 0 Å². The van der Waals surface area contributed by atoms with Crippen molar-refractivity contribution in [1.82, 2.24) is 4.31 Å². The van der Waals surface area contributed by atoms with Crippen molar-refractivity contribution in [1.29, 1.82) is 5.26 Å². The molecular formula is C28H34N3OPS2. The summed E-state index contributed by atoms with van der Waals surface area (Å²) in [5.74, 6) is 0. The van der Waals surface area contributed by atoms with E-state index in [1.807, 2.05) is 0 Å². The Labute approximate surface area is 216 Å². The first-order valence-corrected chi connectivity index (χ1v) is 16.6. The molecular weight excluding hydrogens is 489 g/mol. The van der Waals surface area contributed by atoms with Gasteiger partial charge in [-0.25, -0.2) is 4.31 Å². The zero-order chi connectivity index (χ0) is 24.7. The van der Waals surface area contributed by atoms with E-state index in [2.05, 4.69) is 80.3 Å². The zero-order valence-electron chi connectivity index (χ0n) is 21.3. The second kappa shape index (κ2) is 8.20. The average molecular weight is 524 g/mol. The lowest BCUT2D eigenvalue weighted by atomic mass is 9.89.